The third kappa shape index (κ3) is 38.5. The number of hydrogen-bond donors (Lipinski definition) is 1. The fraction of sp³-hybridized carbons (Fsp3) is 0.762. The van der Waals surface area contributed by atoms with Crippen LogP contribution in [-0.2, 0) is 30.3 Å². The quantitative estimate of drug-likeness (QED) is 0.153. The SMILES string of the molecule is [C-]#[N+]CCOPO[C@H](CC#N)CC(=O)NCCCCCCC.[CH2-]CC.[CH2-]CC.[Ni+2]. The molecule has 0 fully saturated rings. The largest absolute Gasteiger partial charge is 2.00 e. The molecule has 1 amide bonds. The Balaban J connectivity index is -0.000000394. The monoisotopic (exact) mass is 471 g/mol. The zero-order chi connectivity index (χ0) is 21.9. The van der Waals surface area contributed by atoms with E-state index in [0.29, 0.717) is 13.2 Å². The van der Waals surface area contributed by atoms with Crippen molar-refractivity contribution in [1.29, 1.82) is 5.26 Å². The first-order chi connectivity index (χ1) is 13.6. The fourth-order valence-corrected chi connectivity index (χ4v) is 2.27. The normalized spacial score (nSPS) is 10.3. The number of nitrogens with zero attached hydrogens (tertiary/aromatic N) is 2. The molecule has 0 saturated carbocycles. The molecule has 172 valence electrons. The van der Waals surface area contributed by atoms with Gasteiger partial charge in [-0.05, 0) is 6.42 Å². The van der Waals surface area contributed by atoms with Gasteiger partial charge in [0.2, 0.25) is 12.5 Å². The predicted molar refractivity (Wildman–Crippen MR) is 119 cm³/mol. The van der Waals surface area contributed by atoms with Gasteiger partial charge in [-0.2, -0.15) is 18.1 Å². The van der Waals surface area contributed by atoms with E-state index in [9.17, 15) is 4.79 Å². The second-order valence-electron chi connectivity index (χ2n) is 5.88. The summed E-state index contributed by atoms with van der Waals surface area (Å²) in [6.07, 6.45) is 7.63. The molecule has 0 aromatic rings. The standard InChI is InChI=1S/C15H26N3O3P.2C3H7.Ni/c1-3-4-5-6-7-10-18-15(19)13-14(8-9-16)21-22-20-12-11-17-2;2*1-3-2;/h14,22H,3-8,10-13H2,1H3,(H,18,19);2*1,3H2,2H3;/q;2*-1;+2/t14-;;;/m1.../s1. The van der Waals surface area contributed by atoms with E-state index < -0.39 is 6.10 Å². The molecule has 0 aromatic carbocycles. The molecule has 0 radical (unpaired) electrons. The van der Waals surface area contributed by atoms with Gasteiger partial charge >= 0.3 is 16.5 Å². The molecule has 6 nitrogen and oxygen atoms in total. The maximum Gasteiger partial charge on any atom is 2.00 e. The van der Waals surface area contributed by atoms with Gasteiger partial charge in [0, 0.05) is 6.54 Å². The minimum atomic E-state index is -0.448. The van der Waals surface area contributed by atoms with Crippen molar-refractivity contribution in [2.24, 2.45) is 0 Å². The van der Waals surface area contributed by atoms with Crippen molar-refractivity contribution in [1.82, 2.24) is 5.32 Å². The first-order valence-corrected chi connectivity index (χ1v) is 11.0. The minimum absolute atomic E-state index is 0. The van der Waals surface area contributed by atoms with Gasteiger partial charge in [0.1, 0.15) is 6.61 Å². The van der Waals surface area contributed by atoms with Gasteiger partial charge in [-0.3, -0.25) is 4.79 Å². The van der Waals surface area contributed by atoms with E-state index in [1.807, 2.05) is 19.9 Å². The average Bonchev–Trinajstić information content (AvgIpc) is 2.66. The van der Waals surface area contributed by atoms with E-state index in [1.165, 1.54) is 19.3 Å². The van der Waals surface area contributed by atoms with Crippen LogP contribution in [0, 0.1) is 31.8 Å². The Hall–Kier alpha value is -0.706. The van der Waals surface area contributed by atoms with Crippen LogP contribution < -0.4 is 5.32 Å². The summed E-state index contributed by atoms with van der Waals surface area (Å²) in [5.41, 5.74) is 0. The topological polar surface area (TPSA) is 75.7 Å². The van der Waals surface area contributed by atoms with Crippen molar-refractivity contribution in [2.75, 3.05) is 19.7 Å². The minimum Gasteiger partial charge on any atom is -0.356 e. The molecule has 0 saturated heterocycles. The van der Waals surface area contributed by atoms with Crippen LogP contribution in [0.4, 0.5) is 0 Å². The average molecular weight is 472 g/mol. The van der Waals surface area contributed by atoms with Crippen LogP contribution in [0.1, 0.15) is 78.6 Å². The maximum atomic E-state index is 11.8. The maximum absolute atomic E-state index is 11.8. The summed E-state index contributed by atoms with van der Waals surface area (Å²) in [6, 6.07) is 2.01. The van der Waals surface area contributed by atoms with Gasteiger partial charge in [-0.1, -0.05) is 46.5 Å². The second kappa shape index (κ2) is 34.8. The first-order valence-electron chi connectivity index (χ1n) is 10.1. The molecule has 0 rings (SSSR count). The second-order valence-corrected chi connectivity index (χ2v) is 6.57. The molecule has 2 atom stereocenters. The summed E-state index contributed by atoms with van der Waals surface area (Å²) < 4.78 is 10.5. The Morgan fingerprint density at radius 1 is 1.21 bits per heavy atom. The molecule has 0 aliphatic heterocycles. The Kier molecular flexibility index (Phi) is 42.8. The van der Waals surface area contributed by atoms with Crippen molar-refractivity contribution in [2.45, 2.75) is 84.7 Å². The number of nitrogens with one attached hydrogen (secondary N) is 1. The number of carbonyl (C=O) groups excluding carboxylic acids is 1. The van der Waals surface area contributed by atoms with Gasteiger partial charge in [0.15, 0.2) is 9.03 Å². The zero-order valence-electron chi connectivity index (χ0n) is 18.4. The molecule has 0 spiro atoms. The molecule has 0 bridgehead atoms. The molecule has 8 heteroatoms. The predicted octanol–water partition coefficient (Wildman–Crippen LogP) is 5.66. The smallest absolute Gasteiger partial charge is 0.356 e. The number of hydrogen-bond acceptors (Lipinski definition) is 4. The van der Waals surface area contributed by atoms with Crippen LogP contribution in [0.15, 0.2) is 0 Å². The van der Waals surface area contributed by atoms with Crippen molar-refractivity contribution < 1.29 is 30.3 Å². The summed E-state index contributed by atoms with van der Waals surface area (Å²) in [6.45, 7) is 21.1. The summed E-state index contributed by atoms with van der Waals surface area (Å²) in [5.74, 6) is -0.0956. The number of carbonyl (C=O) groups is 1. The Labute approximate surface area is 191 Å². The van der Waals surface area contributed by atoms with Crippen molar-refractivity contribution >= 4 is 14.9 Å². The van der Waals surface area contributed by atoms with Crippen molar-refractivity contribution in [3.05, 3.63) is 25.3 Å². The molecule has 29 heavy (non-hydrogen) atoms. The molecule has 0 aromatic heterocycles. The van der Waals surface area contributed by atoms with Gasteiger partial charge in [-0.15, -0.1) is 0 Å². The molecule has 0 aliphatic rings. The Morgan fingerprint density at radius 3 is 2.31 bits per heavy atom. The number of rotatable bonds is 14. The van der Waals surface area contributed by atoms with Crippen LogP contribution in [0.3, 0.4) is 0 Å². The summed E-state index contributed by atoms with van der Waals surface area (Å²) in [7, 11) is -0.241. The van der Waals surface area contributed by atoms with Crippen molar-refractivity contribution in [3.8, 4) is 6.07 Å². The molecule has 1 unspecified atom stereocenters. The molecule has 0 aliphatic carbocycles. The van der Waals surface area contributed by atoms with Gasteiger partial charge < -0.3 is 33.1 Å². The molecule has 0 heterocycles. The van der Waals surface area contributed by atoms with Crippen molar-refractivity contribution in [3.63, 3.8) is 0 Å². The van der Waals surface area contributed by atoms with E-state index >= 15 is 0 Å². The van der Waals surface area contributed by atoms with Gasteiger partial charge in [-0.25, -0.2) is 6.57 Å². The van der Waals surface area contributed by atoms with E-state index in [0.717, 1.165) is 25.7 Å². The third-order valence-corrected chi connectivity index (χ3v) is 3.66. The van der Waals surface area contributed by atoms with E-state index in [2.05, 4.69) is 30.9 Å². The fourth-order valence-electron chi connectivity index (χ4n) is 1.73. The van der Waals surface area contributed by atoms with E-state index in [-0.39, 0.29) is 50.8 Å². The van der Waals surface area contributed by atoms with Crippen LogP contribution in [0.25, 0.3) is 4.85 Å². The zero-order valence-corrected chi connectivity index (χ0v) is 20.4. The van der Waals surface area contributed by atoms with Crippen LogP contribution >= 0.6 is 9.03 Å². The summed E-state index contributed by atoms with van der Waals surface area (Å²) >= 11 is 0. The van der Waals surface area contributed by atoms with Crippen LogP contribution in [0.5, 0.6) is 0 Å². The Bertz CT molecular complexity index is 400. The number of unbranched alkanes of at least 4 members (excludes halogenated alkanes) is 4. The van der Waals surface area contributed by atoms with E-state index in [4.69, 9.17) is 20.9 Å². The van der Waals surface area contributed by atoms with Gasteiger partial charge in [0.25, 0.3) is 0 Å². The number of amides is 1. The Morgan fingerprint density at radius 2 is 1.79 bits per heavy atom. The third-order valence-electron chi connectivity index (χ3n) is 2.91. The van der Waals surface area contributed by atoms with Crippen LogP contribution in [0.2, 0.25) is 0 Å². The number of nitriles is 1. The first kappa shape index (κ1) is 35.7. The van der Waals surface area contributed by atoms with E-state index in [1.54, 1.807) is 0 Å². The molecular formula is C21H40N3NiO3P. The summed E-state index contributed by atoms with van der Waals surface area (Å²) in [5, 5.41) is 11.6. The van der Waals surface area contributed by atoms with Crippen LogP contribution in [-0.4, -0.2) is 31.7 Å². The molecule has 1 N–H and O–H groups in total. The van der Waals surface area contributed by atoms with Gasteiger partial charge in [0.05, 0.1) is 25.0 Å². The summed E-state index contributed by atoms with van der Waals surface area (Å²) in [4.78, 5) is 14.9. The molecular weight excluding hydrogens is 432 g/mol.